The molecule has 0 aliphatic carbocycles. The van der Waals surface area contributed by atoms with Crippen LogP contribution in [0.4, 0.5) is 0 Å². The number of phenols is 3. The third kappa shape index (κ3) is 5.40. The molecule has 2 rings (SSSR count). The lowest BCUT2D eigenvalue weighted by Gasteiger charge is -2.14. The largest absolute Gasteiger partial charge is 0.504 e. The zero-order valence-electron chi connectivity index (χ0n) is 14.4. The van der Waals surface area contributed by atoms with Gasteiger partial charge in [0.2, 0.25) is 5.91 Å². The van der Waals surface area contributed by atoms with Gasteiger partial charge in [0, 0.05) is 12.5 Å². The van der Waals surface area contributed by atoms with Gasteiger partial charge >= 0.3 is 5.97 Å². The Morgan fingerprint density at radius 1 is 1.07 bits per heavy atom. The number of nitrogens with one attached hydrogen (secondary N) is 1. The van der Waals surface area contributed by atoms with Crippen molar-refractivity contribution < 1.29 is 34.8 Å². The van der Waals surface area contributed by atoms with Crippen LogP contribution in [0.2, 0.25) is 0 Å². The molecule has 0 heterocycles. The fourth-order valence-electron chi connectivity index (χ4n) is 2.32. The number of carbonyl (C=O) groups is 2. The Morgan fingerprint density at radius 3 is 2.41 bits per heavy atom. The van der Waals surface area contributed by atoms with E-state index in [2.05, 4.69) is 5.32 Å². The minimum absolute atomic E-state index is 0.0396. The van der Waals surface area contributed by atoms with Crippen LogP contribution in [0.25, 0.3) is 6.08 Å². The van der Waals surface area contributed by atoms with Crippen molar-refractivity contribution in [3.63, 3.8) is 0 Å². The zero-order valence-corrected chi connectivity index (χ0v) is 14.4. The molecule has 2 aromatic carbocycles. The standard InChI is InChI=1S/C19H19NO7/c1-27-17-10-11(2-6-15(17)22)4-7-18(24)20-13(19(25)26)8-12-3-5-14(21)16(23)9-12/h2-7,9-10,13,21-23H,8H2,1H3,(H,20,24)(H,25,26)/b7-4+/t13-/m0/s1. The number of methoxy groups -OCH3 is 1. The Labute approximate surface area is 155 Å². The lowest BCUT2D eigenvalue weighted by molar-refractivity contribution is -0.141. The number of ether oxygens (including phenoxy) is 1. The summed E-state index contributed by atoms with van der Waals surface area (Å²) in [5.41, 5.74) is 1.01. The van der Waals surface area contributed by atoms with E-state index in [-0.39, 0.29) is 29.4 Å². The van der Waals surface area contributed by atoms with Crippen LogP contribution >= 0.6 is 0 Å². The number of hydrogen-bond donors (Lipinski definition) is 5. The van der Waals surface area contributed by atoms with Crippen molar-refractivity contribution in [2.45, 2.75) is 12.5 Å². The molecular weight excluding hydrogens is 354 g/mol. The topological polar surface area (TPSA) is 136 Å². The minimum Gasteiger partial charge on any atom is -0.504 e. The highest BCUT2D eigenvalue weighted by atomic mass is 16.5. The van der Waals surface area contributed by atoms with Crippen LogP contribution < -0.4 is 10.1 Å². The number of hydrogen-bond acceptors (Lipinski definition) is 6. The summed E-state index contributed by atoms with van der Waals surface area (Å²) in [5, 5.41) is 40.0. The summed E-state index contributed by atoms with van der Waals surface area (Å²) < 4.78 is 4.97. The highest BCUT2D eigenvalue weighted by Crippen LogP contribution is 2.27. The van der Waals surface area contributed by atoms with Crippen molar-refractivity contribution in [2.75, 3.05) is 7.11 Å². The highest BCUT2D eigenvalue weighted by molar-refractivity contribution is 5.94. The summed E-state index contributed by atoms with van der Waals surface area (Å²) in [6.45, 7) is 0. The van der Waals surface area contributed by atoms with Crippen LogP contribution in [-0.2, 0) is 16.0 Å². The molecule has 1 amide bonds. The number of aromatic hydroxyl groups is 3. The SMILES string of the molecule is COc1cc(/C=C/C(=O)N[C@@H](Cc2ccc(O)c(O)c2)C(=O)O)ccc1O. The molecule has 142 valence electrons. The molecule has 0 spiro atoms. The fraction of sp³-hybridized carbons (Fsp3) is 0.158. The number of carboxylic acid groups (broad SMARTS) is 1. The van der Waals surface area contributed by atoms with Gasteiger partial charge in [0.15, 0.2) is 23.0 Å². The van der Waals surface area contributed by atoms with E-state index in [9.17, 15) is 30.0 Å². The first-order valence-corrected chi connectivity index (χ1v) is 7.89. The average molecular weight is 373 g/mol. The number of aliphatic carboxylic acids is 1. The molecule has 0 unspecified atom stereocenters. The molecule has 0 radical (unpaired) electrons. The predicted molar refractivity (Wildman–Crippen MR) is 96.7 cm³/mol. The van der Waals surface area contributed by atoms with E-state index in [1.54, 1.807) is 6.07 Å². The molecule has 27 heavy (non-hydrogen) atoms. The van der Waals surface area contributed by atoms with Crippen molar-refractivity contribution in [1.82, 2.24) is 5.32 Å². The smallest absolute Gasteiger partial charge is 0.326 e. The van der Waals surface area contributed by atoms with E-state index in [1.165, 1.54) is 43.5 Å². The third-order valence-corrected chi connectivity index (χ3v) is 3.73. The monoisotopic (exact) mass is 373 g/mol. The highest BCUT2D eigenvalue weighted by Gasteiger charge is 2.20. The maximum absolute atomic E-state index is 12.0. The molecule has 0 saturated carbocycles. The lowest BCUT2D eigenvalue weighted by atomic mass is 10.1. The number of phenolic OH excluding ortho intramolecular Hbond substituents is 3. The molecule has 5 N–H and O–H groups in total. The van der Waals surface area contributed by atoms with E-state index >= 15 is 0 Å². The van der Waals surface area contributed by atoms with Crippen LogP contribution in [0.1, 0.15) is 11.1 Å². The van der Waals surface area contributed by atoms with Gasteiger partial charge in [0.05, 0.1) is 7.11 Å². The summed E-state index contributed by atoms with van der Waals surface area (Å²) >= 11 is 0. The summed E-state index contributed by atoms with van der Waals surface area (Å²) in [6, 6.07) is 7.20. The molecule has 0 saturated heterocycles. The Hall–Kier alpha value is -3.68. The van der Waals surface area contributed by atoms with Crippen molar-refractivity contribution in [3.8, 4) is 23.0 Å². The average Bonchev–Trinajstić information content (AvgIpc) is 2.63. The van der Waals surface area contributed by atoms with Crippen LogP contribution in [0.5, 0.6) is 23.0 Å². The normalized spacial score (nSPS) is 11.9. The quantitative estimate of drug-likeness (QED) is 0.367. The molecule has 8 nitrogen and oxygen atoms in total. The van der Waals surface area contributed by atoms with Crippen molar-refractivity contribution in [2.24, 2.45) is 0 Å². The molecule has 1 atom stereocenters. The zero-order chi connectivity index (χ0) is 20.0. The predicted octanol–water partition coefficient (Wildman–Crippen LogP) is 1.64. The number of benzene rings is 2. The number of carbonyl (C=O) groups excluding carboxylic acids is 1. The van der Waals surface area contributed by atoms with E-state index in [0.29, 0.717) is 11.1 Å². The van der Waals surface area contributed by atoms with Gasteiger partial charge in [-0.25, -0.2) is 4.79 Å². The maximum atomic E-state index is 12.0. The van der Waals surface area contributed by atoms with Gasteiger partial charge in [0.25, 0.3) is 0 Å². The second-order valence-electron chi connectivity index (χ2n) is 5.69. The van der Waals surface area contributed by atoms with Crippen molar-refractivity contribution >= 4 is 18.0 Å². The molecular formula is C19H19NO7. The van der Waals surface area contributed by atoms with E-state index < -0.39 is 17.9 Å². The van der Waals surface area contributed by atoms with E-state index in [1.807, 2.05) is 0 Å². The van der Waals surface area contributed by atoms with E-state index in [4.69, 9.17) is 4.74 Å². The molecule has 0 aliphatic rings. The number of rotatable bonds is 7. The van der Waals surface area contributed by atoms with Gasteiger partial charge in [-0.2, -0.15) is 0 Å². The first-order valence-electron chi connectivity index (χ1n) is 7.89. The minimum atomic E-state index is -1.24. The first-order chi connectivity index (χ1) is 12.8. The van der Waals surface area contributed by atoms with Gasteiger partial charge in [-0.1, -0.05) is 12.1 Å². The van der Waals surface area contributed by atoms with Crippen molar-refractivity contribution in [1.29, 1.82) is 0 Å². The second kappa shape index (κ2) is 8.61. The molecule has 0 aromatic heterocycles. The van der Waals surface area contributed by atoms with Gasteiger partial charge < -0.3 is 30.5 Å². The molecule has 8 heteroatoms. The van der Waals surface area contributed by atoms with Crippen molar-refractivity contribution in [3.05, 3.63) is 53.6 Å². The Balaban J connectivity index is 2.06. The third-order valence-electron chi connectivity index (χ3n) is 3.73. The number of amides is 1. The molecule has 0 bridgehead atoms. The van der Waals surface area contributed by atoms with Gasteiger partial charge in [-0.05, 0) is 41.5 Å². The van der Waals surface area contributed by atoms with E-state index in [0.717, 1.165) is 6.08 Å². The molecule has 0 fully saturated rings. The Bertz CT molecular complexity index is 876. The van der Waals surface area contributed by atoms with Crippen LogP contribution in [0, 0.1) is 0 Å². The van der Waals surface area contributed by atoms with Crippen LogP contribution in [-0.4, -0.2) is 45.5 Å². The molecule has 2 aromatic rings. The van der Waals surface area contributed by atoms with Gasteiger partial charge in [-0.3, -0.25) is 4.79 Å². The summed E-state index contributed by atoms with van der Waals surface area (Å²) in [7, 11) is 1.40. The lowest BCUT2D eigenvalue weighted by Crippen LogP contribution is -2.41. The Morgan fingerprint density at radius 2 is 1.78 bits per heavy atom. The molecule has 0 aliphatic heterocycles. The van der Waals surface area contributed by atoms with Crippen LogP contribution in [0.3, 0.4) is 0 Å². The second-order valence-corrected chi connectivity index (χ2v) is 5.69. The Kier molecular flexibility index (Phi) is 6.27. The van der Waals surface area contributed by atoms with Crippen LogP contribution in [0.15, 0.2) is 42.5 Å². The first kappa shape index (κ1) is 19.6. The summed E-state index contributed by atoms with van der Waals surface area (Å²) in [5.74, 6) is -2.35. The fourth-order valence-corrected chi connectivity index (χ4v) is 2.32. The summed E-state index contributed by atoms with van der Waals surface area (Å²) in [6.07, 6.45) is 2.54. The maximum Gasteiger partial charge on any atom is 0.326 e. The summed E-state index contributed by atoms with van der Waals surface area (Å²) in [4.78, 5) is 23.4. The van der Waals surface area contributed by atoms with Gasteiger partial charge in [0.1, 0.15) is 6.04 Å². The number of carboxylic acids is 1. The van der Waals surface area contributed by atoms with Gasteiger partial charge in [-0.15, -0.1) is 0 Å².